The fraction of sp³-hybridized carbons (Fsp3) is 0.0800. The highest BCUT2D eigenvalue weighted by atomic mass is 16.4. The summed E-state index contributed by atoms with van der Waals surface area (Å²) in [7, 11) is 0. The highest BCUT2D eigenvalue weighted by Gasteiger charge is 2.16. The summed E-state index contributed by atoms with van der Waals surface area (Å²) in [6.07, 6.45) is 3.63. The van der Waals surface area contributed by atoms with Gasteiger partial charge in [-0.1, -0.05) is 67.6 Å². The molecular formula is C25H23N3O2. The number of rotatable bonds is 6. The van der Waals surface area contributed by atoms with Gasteiger partial charge >= 0.3 is 5.97 Å². The molecule has 0 aliphatic carbocycles. The SMILES string of the molecule is CC/C(=C(/c1ccc(/C=C/C(=O)O)cc1)c1ccc2c(c1)NNN2)c1ccccc1. The van der Waals surface area contributed by atoms with Crippen molar-refractivity contribution in [3.05, 3.63) is 101 Å². The summed E-state index contributed by atoms with van der Waals surface area (Å²) < 4.78 is 0. The maximum absolute atomic E-state index is 10.8. The Morgan fingerprint density at radius 2 is 1.57 bits per heavy atom. The van der Waals surface area contributed by atoms with Gasteiger partial charge in [0.15, 0.2) is 0 Å². The van der Waals surface area contributed by atoms with Crippen molar-refractivity contribution in [2.75, 3.05) is 10.9 Å². The Kier molecular flexibility index (Phi) is 5.63. The Hall–Kier alpha value is -3.83. The van der Waals surface area contributed by atoms with E-state index in [2.05, 4.69) is 65.8 Å². The fourth-order valence-corrected chi connectivity index (χ4v) is 3.69. The van der Waals surface area contributed by atoms with Gasteiger partial charge in [-0.25, -0.2) is 4.79 Å². The molecule has 4 N–H and O–H groups in total. The van der Waals surface area contributed by atoms with Crippen LogP contribution in [0, 0.1) is 0 Å². The first-order valence-electron chi connectivity index (χ1n) is 9.87. The minimum atomic E-state index is -0.954. The van der Waals surface area contributed by atoms with Crippen molar-refractivity contribution in [2.24, 2.45) is 0 Å². The van der Waals surface area contributed by atoms with E-state index in [1.54, 1.807) is 6.08 Å². The Labute approximate surface area is 175 Å². The van der Waals surface area contributed by atoms with E-state index in [9.17, 15) is 4.79 Å². The molecule has 0 aromatic heterocycles. The molecule has 4 rings (SSSR count). The number of aliphatic carboxylic acids is 1. The second-order valence-electron chi connectivity index (χ2n) is 7.00. The van der Waals surface area contributed by atoms with Crippen LogP contribution in [0.15, 0.2) is 78.9 Å². The summed E-state index contributed by atoms with van der Waals surface area (Å²) in [4.78, 5) is 10.8. The summed E-state index contributed by atoms with van der Waals surface area (Å²) in [6.45, 7) is 2.17. The minimum Gasteiger partial charge on any atom is -0.478 e. The number of hydrogen-bond donors (Lipinski definition) is 4. The molecule has 5 nitrogen and oxygen atoms in total. The van der Waals surface area contributed by atoms with E-state index in [0.717, 1.165) is 46.1 Å². The molecule has 5 heteroatoms. The lowest BCUT2D eigenvalue weighted by Gasteiger charge is -2.17. The van der Waals surface area contributed by atoms with Gasteiger partial charge in [-0.3, -0.25) is 0 Å². The molecular weight excluding hydrogens is 374 g/mol. The average Bonchev–Trinajstić information content (AvgIpc) is 3.25. The van der Waals surface area contributed by atoms with E-state index in [4.69, 9.17) is 5.11 Å². The number of hydrazine groups is 2. The topological polar surface area (TPSA) is 73.4 Å². The number of allylic oxidation sites excluding steroid dienone is 1. The monoisotopic (exact) mass is 397 g/mol. The molecule has 0 atom stereocenters. The van der Waals surface area contributed by atoms with Crippen molar-refractivity contribution >= 4 is 34.6 Å². The van der Waals surface area contributed by atoms with Gasteiger partial charge in [-0.05, 0) is 58.0 Å². The molecule has 0 fully saturated rings. The van der Waals surface area contributed by atoms with Crippen LogP contribution in [-0.2, 0) is 4.79 Å². The first-order valence-corrected chi connectivity index (χ1v) is 9.87. The summed E-state index contributed by atoms with van der Waals surface area (Å²) in [5.74, 6) is -0.954. The number of hydrogen-bond acceptors (Lipinski definition) is 4. The molecule has 150 valence electrons. The summed E-state index contributed by atoms with van der Waals surface area (Å²) >= 11 is 0. The van der Waals surface area contributed by atoms with Gasteiger partial charge in [0.2, 0.25) is 0 Å². The van der Waals surface area contributed by atoms with E-state index in [1.165, 1.54) is 11.1 Å². The van der Waals surface area contributed by atoms with Crippen LogP contribution in [0.5, 0.6) is 0 Å². The van der Waals surface area contributed by atoms with Gasteiger partial charge in [0.25, 0.3) is 0 Å². The highest BCUT2D eigenvalue weighted by molar-refractivity contribution is 5.99. The molecule has 0 bridgehead atoms. The lowest BCUT2D eigenvalue weighted by Crippen LogP contribution is -2.19. The maximum Gasteiger partial charge on any atom is 0.328 e. The van der Waals surface area contributed by atoms with Crippen LogP contribution < -0.4 is 16.4 Å². The molecule has 3 aromatic carbocycles. The Morgan fingerprint density at radius 1 is 0.867 bits per heavy atom. The van der Waals surface area contributed by atoms with Gasteiger partial charge in [-0.15, -0.1) is 5.53 Å². The third-order valence-corrected chi connectivity index (χ3v) is 5.10. The number of carbonyl (C=O) groups is 1. The van der Waals surface area contributed by atoms with Crippen LogP contribution in [0.2, 0.25) is 0 Å². The number of carboxylic acid groups (broad SMARTS) is 1. The molecule has 0 spiro atoms. The molecule has 30 heavy (non-hydrogen) atoms. The molecule has 1 aliphatic rings. The van der Waals surface area contributed by atoms with E-state index in [0.29, 0.717) is 0 Å². The number of fused-ring (bicyclic) bond motifs is 1. The van der Waals surface area contributed by atoms with Gasteiger partial charge < -0.3 is 16.0 Å². The van der Waals surface area contributed by atoms with E-state index < -0.39 is 5.97 Å². The number of benzene rings is 3. The van der Waals surface area contributed by atoms with Crippen molar-refractivity contribution in [1.29, 1.82) is 0 Å². The Balaban J connectivity index is 1.86. The second-order valence-corrected chi connectivity index (χ2v) is 7.00. The standard InChI is InChI=1S/C25H23N3O2/c1-2-21(18-6-4-3-5-7-18)25(20-13-14-22-23(16-20)27-28-26-22)19-11-8-17(9-12-19)10-15-24(29)30/h3-16,26-28H,2H2,1H3,(H,29,30)/b15-10+,25-21+. The molecule has 0 amide bonds. The van der Waals surface area contributed by atoms with Crippen LogP contribution in [-0.4, -0.2) is 11.1 Å². The van der Waals surface area contributed by atoms with Crippen LogP contribution in [0.1, 0.15) is 35.6 Å². The second kappa shape index (κ2) is 8.68. The lowest BCUT2D eigenvalue weighted by molar-refractivity contribution is -0.131. The summed E-state index contributed by atoms with van der Waals surface area (Å²) in [6, 6.07) is 24.7. The first-order chi connectivity index (χ1) is 14.7. The zero-order valence-electron chi connectivity index (χ0n) is 16.6. The smallest absolute Gasteiger partial charge is 0.328 e. The van der Waals surface area contributed by atoms with E-state index in [-0.39, 0.29) is 0 Å². The zero-order chi connectivity index (χ0) is 20.9. The fourth-order valence-electron chi connectivity index (χ4n) is 3.69. The number of anilines is 2. The van der Waals surface area contributed by atoms with Gasteiger partial charge in [-0.2, -0.15) is 0 Å². The normalized spacial score (nSPS) is 13.4. The molecule has 0 unspecified atom stereocenters. The molecule has 0 saturated heterocycles. The minimum absolute atomic E-state index is 0.849. The van der Waals surface area contributed by atoms with Gasteiger partial charge in [0.1, 0.15) is 0 Å². The van der Waals surface area contributed by atoms with Crippen LogP contribution in [0.3, 0.4) is 0 Å². The van der Waals surface area contributed by atoms with Gasteiger partial charge in [0.05, 0.1) is 11.4 Å². The third-order valence-electron chi connectivity index (χ3n) is 5.10. The van der Waals surface area contributed by atoms with Crippen molar-refractivity contribution in [3.63, 3.8) is 0 Å². The van der Waals surface area contributed by atoms with E-state index in [1.807, 2.05) is 30.3 Å². The van der Waals surface area contributed by atoms with Crippen LogP contribution in [0.25, 0.3) is 17.2 Å². The molecule has 3 aromatic rings. The van der Waals surface area contributed by atoms with Crippen molar-refractivity contribution < 1.29 is 9.90 Å². The quantitative estimate of drug-likeness (QED) is 0.331. The molecule has 0 radical (unpaired) electrons. The lowest BCUT2D eigenvalue weighted by atomic mass is 9.87. The van der Waals surface area contributed by atoms with E-state index >= 15 is 0 Å². The first kappa shape index (κ1) is 19.5. The van der Waals surface area contributed by atoms with Crippen molar-refractivity contribution in [1.82, 2.24) is 5.53 Å². The average molecular weight is 397 g/mol. The predicted octanol–water partition coefficient (Wildman–Crippen LogP) is 5.41. The van der Waals surface area contributed by atoms with Crippen LogP contribution in [0.4, 0.5) is 11.4 Å². The zero-order valence-corrected chi connectivity index (χ0v) is 16.6. The maximum atomic E-state index is 10.8. The summed E-state index contributed by atoms with van der Waals surface area (Å²) in [5.41, 5.74) is 17.8. The Bertz CT molecular complexity index is 1120. The van der Waals surface area contributed by atoms with Gasteiger partial charge in [0, 0.05) is 6.08 Å². The number of carboxylic acids is 1. The molecule has 0 saturated carbocycles. The highest BCUT2D eigenvalue weighted by Crippen LogP contribution is 2.37. The molecule has 1 aliphatic heterocycles. The summed E-state index contributed by atoms with van der Waals surface area (Å²) in [5, 5.41) is 8.86. The molecule has 1 heterocycles. The van der Waals surface area contributed by atoms with Crippen LogP contribution >= 0.6 is 0 Å². The van der Waals surface area contributed by atoms with Crippen molar-refractivity contribution in [3.8, 4) is 0 Å². The number of nitrogens with one attached hydrogen (secondary N) is 3. The Morgan fingerprint density at radius 3 is 2.27 bits per heavy atom. The predicted molar refractivity (Wildman–Crippen MR) is 123 cm³/mol. The largest absolute Gasteiger partial charge is 0.478 e. The van der Waals surface area contributed by atoms with Crippen molar-refractivity contribution in [2.45, 2.75) is 13.3 Å². The third kappa shape index (κ3) is 4.11.